The molecule has 0 aromatic carbocycles. The van der Waals surface area contributed by atoms with E-state index in [-0.39, 0.29) is 0 Å². The Morgan fingerprint density at radius 2 is 2.26 bits per heavy atom. The van der Waals surface area contributed by atoms with Crippen molar-refractivity contribution in [2.24, 2.45) is 7.05 Å². The van der Waals surface area contributed by atoms with Crippen molar-refractivity contribution in [2.75, 3.05) is 11.9 Å². The second-order valence-corrected chi connectivity index (χ2v) is 4.29. The Morgan fingerprint density at radius 1 is 1.37 bits per heavy atom. The van der Waals surface area contributed by atoms with E-state index in [0.717, 1.165) is 16.9 Å². The van der Waals surface area contributed by atoms with Crippen LogP contribution in [-0.2, 0) is 13.5 Å². The van der Waals surface area contributed by atoms with Crippen molar-refractivity contribution in [2.45, 2.75) is 13.3 Å². The van der Waals surface area contributed by atoms with E-state index in [1.807, 2.05) is 17.7 Å². The summed E-state index contributed by atoms with van der Waals surface area (Å²) < 4.78 is 7.01. The monoisotopic (exact) mass is 258 g/mol. The number of anilines is 1. The SMILES string of the molecule is Cc1noc(CCNc2nccc3c2ncn3C)n1. The van der Waals surface area contributed by atoms with Gasteiger partial charge in [-0.15, -0.1) is 0 Å². The van der Waals surface area contributed by atoms with Gasteiger partial charge in [0.05, 0.1) is 11.8 Å². The minimum atomic E-state index is 0.623. The van der Waals surface area contributed by atoms with E-state index in [2.05, 4.69) is 25.4 Å². The largest absolute Gasteiger partial charge is 0.368 e. The van der Waals surface area contributed by atoms with Crippen LogP contribution in [0.4, 0.5) is 5.82 Å². The van der Waals surface area contributed by atoms with Gasteiger partial charge in [0, 0.05) is 26.2 Å². The summed E-state index contributed by atoms with van der Waals surface area (Å²) in [6, 6.07) is 1.94. The summed E-state index contributed by atoms with van der Waals surface area (Å²) in [4.78, 5) is 12.8. The Balaban J connectivity index is 1.71. The number of hydrogen-bond acceptors (Lipinski definition) is 6. The number of aryl methyl sites for hydroxylation is 2. The molecule has 98 valence electrons. The lowest BCUT2D eigenvalue weighted by Crippen LogP contribution is -2.07. The fourth-order valence-electron chi connectivity index (χ4n) is 1.92. The Kier molecular flexibility index (Phi) is 2.86. The molecule has 0 unspecified atom stereocenters. The van der Waals surface area contributed by atoms with Crippen molar-refractivity contribution in [3.05, 3.63) is 30.3 Å². The highest BCUT2D eigenvalue weighted by Crippen LogP contribution is 2.18. The molecule has 0 aliphatic heterocycles. The van der Waals surface area contributed by atoms with Gasteiger partial charge in [0.15, 0.2) is 11.6 Å². The molecule has 0 aliphatic rings. The third kappa shape index (κ3) is 2.26. The maximum absolute atomic E-state index is 5.05. The quantitative estimate of drug-likeness (QED) is 0.760. The van der Waals surface area contributed by atoms with Gasteiger partial charge < -0.3 is 14.4 Å². The highest BCUT2D eigenvalue weighted by Gasteiger charge is 2.07. The number of rotatable bonds is 4. The number of imidazole rings is 1. The Labute approximate surface area is 109 Å². The Hall–Kier alpha value is -2.44. The normalized spacial score (nSPS) is 11.1. The second-order valence-electron chi connectivity index (χ2n) is 4.29. The van der Waals surface area contributed by atoms with Crippen LogP contribution in [0.1, 0.15) is 11.7 Å². The van der Waals surface area contributed by atoms with Gasteiger partial charge in [-0.05, 0) is 13.0 Å². The Bertz CT molecular complexity index is 701. The molecule has 19 heavy (non-hydrogen) atoms. The zero-order valence-electron chi connectivity index (χ0n) is 10.8. The molecular weight excluding hydrogens is 244 g/mol. The first-order valence-corrected chi connectivity index (χ1v) is 6.03. The topological polar surface area (TPSA) is 81.7 Å². The smallest absolute Gasteiger partial charge is 0.228 e. The van der Waals surface area contributed by atoms with E-state index >= 15 is 0 Å². The highest BCUT2D eigenvalue weighted by molar-refractivity contribution is 5.85. The molecule has 0 bridgehead atoms. The van der Waals surface area contributed by atoms with Crippen LogP contribution in [0.2, 0.25) is 0 Å². The first-order valence-electron chi connectivity index (χ1n) is 6.03. The number of pyridine rings is 1. The fraction of sp³-hybridized carbons (Fsp3) is 0.333. The molecular formula is C12H14N6O. The number of aromatic nitrogens is 5. The van der Waals surface area contributed by atoms with Gasteiger partial charge in [-0.1, -0.05) is 5.16 Å². The van der Waals surface area contributed by atoms with Gasteiger partial charge in [0.1, 0.15) is 5.52 Å². The van der Waals surface area contributed by atoms with Gasteiger partial charge in [0.2, 0.25) is 5.89 Å². The fourth-order valence-corrected chi connectivity index (χ4v) is 1.92. The minimum Gasteiger partial charge on any atom is -0.368 e. The van der Waals surface area contributed by atoms with E-state index in [4.69, 9.17) is 4.52 Å². The standard InChI is InChI=1S/C12H14N6O/c1-8-16-10(19-17-8)4-6-14-12-11-9(3-5-13-12)18(2)7-15-11/h3,5,7H,4,6H2,1-2H3,(H,13,14). The number of hydrogen-bond donors (Lipinski definition) is 1. The van der Waals surface area contributed by atoms with E-state index in [1.54, 1.807) is 19.4 Å². The molecule has 3 aromatic rings. The summed E-state index contributed by atoms with van der Waals surface area (Å²) in [7, 11) is 1.96. The molecule has 1 N–H and O–H groups in total. The molecule has 0 fully saturated rings. The van der Waals surface area contributed by atoms with Gasteiger partial charge in [-0.25, -0.2) is 9.97 Å². The molecule has 7 heteroatoms. The molecule has 0 aliphatic carbocycles. The van der Waals surface area contributed by atoms with Crippen molar-refractivity contribution in [3.8, 4) is 0 Å². The van der Waals surface area contributed by atoms with Crippen molar-refractivity contribution in [3.63, 3.8) is 0 Å². The van der Waals surface area contributed by atoms with Crippen LogP contribution in [0.15, 0.2) is 23.1 Å². The molecule has 0 radical (unpaired) electrons. The van der Waals surface area contributed by atoms with E-state index < -0.39 is 0 Å². The number of nitrogens with zero attached hydrogens (tertiary/aromatic N) is 5. The second kappa shape index (κ2) is 4.68. The summed E-state index contributed by atoms with van der Waals surface area (Å²) in [5.41, 5.74) is 1.91. The third-order valence-corrected chi connectivity index (χ3v) is 2.84. The van der Waals surface area contributed by atoms with Gasteiger partial charge in [0.25, 0.3) is 0 Å². The molecule has 3 aromatic heterocycles. The van der Waals surface area contributed by atoms with Crippen LogP contribution < -0.4 is 5.32 Å². The van der Waals surface area contributed by atoms with E-state index in [1.165, 1.54) is 0 Å². The van der Waals surface area contributed by atoms with Crippen LogP contribution in [0.3, 0.4) is 0 Å². The summed E-state index contributed by atoms with van der Waals surface area (Å²) in [6.07, 6.45) is 4.20. The van der Waals surface area contributed by atoms with E-state index in [0.29, 0.717) is 24.7 Å². The third-order valence-electron chi connectivity index (χ3n) is 2.84. The van der Waals surface area contributed by atoms with Crippen molar-refractivity contribution >= 4 is 16.9 Å². The van der Waals surface area contributed by atoms with Crippen LogP contribution >= 0.6 is 0 Å². The summed E-state index contributed by atoms with van der Waals surface area (Å²) in [5.74, 6) is 2.05. The molecule has 0 saturated carbocycles. The van der Waals surface area contributed by atoms with Crippen LogP contribution in [0.5, 0.6) is 0 Å². The van der Waals surface area contributed by atoms with Crippen molar-refractivity contribution < 1.29 is 4.52 Å². The van der Waals surface area contributed by atoms with Gasteiger partial charge in [-0.3, -0.25) is 0 Å². The zero-order valence-corrected chi connectivity index (χ0v) is 10.8. The lowest BCUT2D eigenvalue weighted by molar-refractivity contribution is 0.377. The lowest BCUT2D eigenvalue weighted by Gasteiger charge is -2.04. The first-order chi connectivity index (χ1) is 9.24. The maximum Gasteiger partial charge on any atom is 0.228 e. The lowest BCUT2D eigenvalue weighted by atomic mass is 10.3. The summed E-state index contributed by atoms with van der Waals surface area (Å²) in [6.45, 7) is 2.47. The van der Waals surface area contributed by atoms with E-state index in [9.17, 15) is 0 Å². The predicted octanol–water partition coefficient (Wildman–Crippen LogP) is 1.31. The summed E-state index contributed by atoms with van der Waals surface area (Å²) in [5, 5.41) is 6.99. The maximum atomic E-state index is 5.05. The molecule has 0 saturated heterocycles. The van der Waals surface area contributed by atoms with Gasteiger partial charge in [-0.2, -0.15) is 4.98 Å². The van der Waals surface area contributed by atoms with Crippen LogP contribution in [0.25, 0.3) is 11.0 Å². The summed E-state index contributed by atoms with van der Waals surface area (Å²) >= 11 is 0. The van der Waals surface area contributed by atoms with Crippen LogP contribution in [0, 0.1) is 6.92 Å². The molecule has 3 rings (SSSR count). The average molecular weight is 258 g/mol. The minimum absolute atomic E-state index is 0.623. The van der Waals surface area contributed by atoms with Crippen LogP contribution in [-0.4, -0.2) is 31.2 Å². The van der Waals surface area contributed by atoms with Crippen molar-refractivity contribution in [1.29, 1.82) is 0 Å². The molecule has 0 spiro atoms. The first kappa shape index (κ1) is 11.6. The predicted molar refractivity (Wildman–Crippen MR) is 69.7 cm³/mol. The number of nitrogens with one attached hydrogen (secondary N) is 1. The highest BCUT2D eigenvalue weighted by atomic mass is 16.5. The zero-order chi connectivity index (χ0) is 13.2. The molecule has 7 nitrogen and oxygen atoms in total. The molecule has 0 amide bonds. The van der Waals surface area contributed by atoms with Crippen molar-refractivity contribution in [1.82, 2.24) is 24.7 Å². The molecule has 3 heterocycles. The van der Waals surface area contributed by atoms with Gasteiger partial charge >= 0.3 is 0 Å². The molecule has 0 atom stereocenters. The average Bonchev–Trinajstić information content (AvgIpc) is 2.98. The number of fused-ring (bicyclic) bond motifs is 1. The Morgan fingerprint density at radius 3 is 3.05 bits per heavy atom.